The van der Waals surface area contributed by atoms with E-state index in [0.717, 1.165) is 0 Å². The molecular weight excluding hydrogens is 340 g/mol. The van der Waals surface area contributed by atoms with E-state index >= 15 is 0 Å². The summed E-state index contributed by atoms with van der Waals surface area (Å²) in [7, 11) is -1.66. The van der Waals surface area contributed by atoms with E-state index < -0.39 is 27.8 Å². The summed E-state index contributed by atoms with van der Waals surface area (Å²) in [5.41, 5.74) is 0.493. The quantitative estimate of drug-likeness (QED) is 0.410. The first-order valence-corrected chi connectivity index (χ1v) is 8.12. The number of hydrogen-bond acceptors (Lipinski definition) is 6. The van der Waals surface area contributed by atoms with E-state index in [4.69, 9.17) is 14.0 Å². The Labute approximate surface area is 158 Å². The van der Waals surface area contributed by atoms with Crippen LogP contribution < -0.4 is 43.9 Å². The zero-order valence-electron chi connectivity index (χ0n) is 14.6. The van der Waals surface area contributed by atoms with Crippen LogP contribution in [0.2, 0.25) is 0 Å². The molecule has 0 aromatic heterocycles. The van der Waals surface area contributed by atoms with Gasteiger partial charge in [-0.1, -0.05) is 0 Å². The molecule has 0 saturated carbocycles. The van der Waals surface area contributed by atoms with E-state index in [1.165, 1.54) is 26.4 Å². The molecule has 23 heavy (non-hydrogen) atoms. The number of aliphatic hydroxyl groups excluding tert-OH is 1. The minimum atomic E-state index is -4.28. The first kappa shape index (κ1) is 22.4. The van der Waals surface area contributed by atoms with E-state index in [0.29, 0.717) is 12.2 Å². The smallest absolute Gasteiger partial charge is 1.00 e. The Morgan fingerprint density at radius 3 is 2.13 bits per heavy atom. The second-order valence-electron chi connectivity index (χ2n) is 4.61. The fourth-order valence-electron chi connectivity index (χ4n) is 2.01. The average molecular weight is 361 g/mol. The minimum absolute atomic E-state index is 0. The fraction of sp³-hybridized carbons (Fsp3) is 0.538. The molecule has 0 saturated heterocycles. The van der Waals surface area contributed by atoms with Crippen molar-refractivity contribution >= 4 is 15.8 Å². The van der Waals surface area contributed by atoms with Crippen molar-refractivity contribution < 1.29 is 62.9 Å². The summed E-state index contributed by atoms with van der Waals surface area (Å²) in [5.74, 6) is -1.49. The van der Waals surface area contributed by atoms with Crippen LogP contribution in [0.15, 0.2) is 12.1 Å². The molecule has 128 valence electrons. The third-order valence-corrected chi connectivity index (χ3v) is 3.82. The maximum atomic E-state index is 13.9. The Balaban J connectivity index is 0. The van der Waals surface area contributed by atoms with Gasteiger partial charge in [0.1, 0.15) is 5.75 Å². The van der Waals surface area contributed by atoms with Crippen molar-refractivity contribution in [3.05, 3.63) is 17.9 Å². The van der Waals surface area contributed by atoms with Gasteiger partial charge in [0, 0.05) is 30.9 Å². The van der Waals surface area contributed by atoms with Crippen LogP contribution in [0.25, 0.3) is 0 Å². The number of anilines is 1. The molecule has 0 radical (unpaired) electrons. The summed E-state index contributed by atoms with van der Waals surface area (Å²) in [5, 5.41) is 9.74. The molecule has 0 fully saturated rings. The SMILES string of the molecule is CCN(CC(O)CS(=O)(=O)O)c1cc(OC)c(F)c(OC)c1.[H-].[Na+]. The number of rotatable bonds is 8. The molecule has 2 N–H and O–H groups in total. The van der Waals surface area contributed by atoms with E-state index in [1.54, 1.807) is 11.8 Å². The zero-order valence-corrected chi connectivity index (χ0v) is 16.4. The maximum absolute atomic E-state index is 13.9. The zero-order chi connectivity index (χ0) is 16.9. The summed E-state index contributed by atoms with van der Waals surface area (Å²) in [6.07, 6.45) is -1.29. The molecular formula is C13H21FNNaO6S. The van der Waals surface area contributed by atoms with Crippen molar-refractivity contribution in [2.24, 2.45) is 0 Å². The number of ether oxygens (including phenoxy) is 2. The number of aliphatic hydroxyl groups is 1. The van der Waals surface area contributed by atoms with Crippen molar-refractivity contribution in [1.29, 1.82) is 0 Å². The minimum Gasteiger partial charge on any atom is -1.00 e. The Morgan fingerprint density at radius 1 is 1.30 bits per heavy atom. The Bertz CT molecular complexity index is 593. The number of hydrogen-bond donors (Lipinski definition) is 2. The summed E-state index contributed by atoms with van der Waals surface area (Å²) in [4.78, 5) is 1.61. The van der Waals surface area contributed by atoms with Gasteiger partial charge in [0.05, 0.1) is 20.3 Å². The van der Waals surface area contributed by atoms with Crippen molar-refractivity contribution in [2.45, 2.75) is 13.0 Å². The van der Waals surface area contributed by atoms with Crippen LogP contribution in [0.1, 0.15) is 8.35 Å². The Kier molecular flexibility index (Phi) is 9.41. The molecule has 0 amide bonds. The van der Waals surface area contributed by atoms with Crippen molar-refractivity contribution in [3.8, 4) is 11.5 Å². The van der Waals surface area contributed by atoms with Gasteiger partial charge in [-0.05, 0) is 6.92 Å². The summed E-state index contributed by atoms with van der Waals surface area (Å²) >= 11 is 0. The van der Waals surface area contributed by atoms with Crippen LogP contribution >= 0.6 is 0 Å². The van der Waals surface area contributed by atoms with Crippen LogP contribution in [0, 0.1) is 5.82 Å². The van der Waals surface area contributed by atoms with Gasteiger partial charge < -0.3 is 20.9 Å². The molecule has 10 heteroatoms. The van der Waals surface area contributed by atoms with Gasteiger partial charge in [-0.3, -0.25) is 4.55 Å². The van der Waals surface area contributed by atoms with Gasteiger partial charge in [-0.25, -0.2) is 0 Å². The summed E-state index contributed by atoms with van der Waals surface area (Å²) in [6.45, 7) is 2.14. The fourth-order valence-corrected chi connectivity index (χ4v) is 2.60. The van der Waals surface area contributed by atoms with Crippen LogP contribution in [0.3, 0.4) is 0 Å². The molecule has 0 aliphatic heterocycles. The third kappa shape index (κ3) is 6.82. The first-order chi connectivity index (χ1) is 10.2. The van der Waals surface area contributed by atoms with Crippen molar-refractivity contribution in [1.82, 2.24) is 0 Å². The van der Waals surface area contributed by atoms with E-state index in [9.17, 15) is 17.9 Å². The molecule has 1 rings (SSSR count). The molecule has 0 aliphatic carbocycles. The Hall–Kier alpha value is -0.580. The van der Waals surface area contributed by atoms with Crippen molar-refractivity contribution in [3.63, 3.8) is 0 Å². The average Bonchev–Trinajstić information content (AvgIpc) is 2.43. The molecule has 1 aromatic rings. The van der Waals surface area contributed by atoms with Gasteiger partial charge in [0.2, 0.25) is 5.82 Å². The van der Waals surface area contributed by atoms with Crippen LogP contribution in [0.5, 0.6) is 11.5 Å². The molecule has 0 spiro atoms. The molecule has 1 aromatic carbocycles. The second kappa shape index (κ2) is 9.65. The summed E-state index contributed by atoms with van der Waals surface area (Å²) < 4.78 is 54.0. The number of halogens is 1. The van der Waals surface area contributed by atoms with Gasteiger partial charge in [-0.15, -0.1) is 0 Å². The van der Waals surface area contributed by atoms with Gasteiger partial charge >= 0.3 is 29.6 Å². The number of methoxy groups -OCH3 is 2. The van der Waals surface area contributed by atoms with Crippen molar-refractivity contribution in [2.75, 3.05) is 38.0 Å². The normalized spacial score (nSPS) is 12.3. The van der Waals surface area contributed by atoms with Crippen LogP contribution in [-0.4, -0.2) is 57.2 Å². The third-order valence-electron chi connectivity index (χ3n) is 3.01. The topological polar surface area (TPSA) is 96.3 Å². The van der Waals surface area contributed by atoms with E-state index in [2.05, 4.69) is 0 Å². The van der Waals surface area contributed by atoms with Crippen LogP contribution in [0.4, 0.5) is 10.1 Å². The monoisotopic (exact) mass is 361 g/mol. The number of nitrogens with zero attached hydrogens (tertiary/aromatic N) is 1. The van der Waals surface area contributed by atoms with E-state index in [-0.39, 0.29) is 49.0 Å². The predicted octanol–water partition coefficient (Wildman–Crippen LogP) is -1.97. The number of benzene rings is 1. The molecule has 7 nitrogen and oxygen atoms in total. The molecule has 1 atom stereocenters. The summed E-state index contributed by atoms with van der Waals surface area (Å²) in [6, 6.07) is 2.84. The second-order valence-corrected chi connectivity index (χ2v) is 6.10. The first-order valence-electron chi connectivity index (χ1n) is 6.51. The van der Waals surface area contributed by atoms with E-state index in [1.807, 2.05) is 0 Å². The number of likely N-dealkylation sites (N-methyl/N-ethyl adjacent to an activating group) is 1. The van der Waals surface area contributed by atoms with Gasteiger partial charge in [-0.2, -0.15) is 12.8 Å². The molecule has 0 bridgehead atoms. The van der Waals surface area contributed by atoms with Gasteiger partial charge in [0.25, 0.3) is 10.1 Å². The predicted molar refractivity (Wildman–Crippen MR) is 80.9 cm³/mol. The molecule has 0 aliphatic rings. The standard InChI is InChI=1S/C13H20FNO6S.Na.H/c1-4-15(7-10(16)8-22(17,18)19)9-5-11(20-2)13(14)12(6-9)21-3;;/h5-6,10,16H,4,7-8H2,1-3H3,(H,17,18,19);;/q;+1;-1. The van der Waals surface area contributed by atoms with Gasteiger partial charge in [0.15, 0.2) is 11.5 Å². The largest absolute Gasteiger partial charge is 1.00 e. The van der Waals surface area contributed by atoms with Crippen LogP contribution in [-0.2, 0) is 10.1 Å². The Morgan fingerprint density at radius 2 is 1.78 bits per heavy atom. The molecule has 0 heterocycles. The maximum Gasteiger partial charge on any atom is 1.00 e. The molecule has 1 unspecified atom stereocenters.